The Kier molecular flexibility index (Phi) is 5.07. The molecule has 6 heteroatoms. The average molecular weight is 247 g/mol. The van der Waals surface area contributed by atoms with Gasteiger partial charge < -0.3 is 9.30 Å². The Labute approximate surface area is 116 Å². The molecule has 0 spiro atoms. The van der Waals surface area contributed by atoms with Gasteiger partial charge in [-0.1, -0.05) is 12.1 Å². The molecular weight excluding hydrogens is 235 g/mol. The van der Waals surface area contributed by atoms with Crippen molar-refractivity contribution in [1.82, 2.24) is 9.55 Å². The third-order valence-electron chi connectivity index (χ3n) is 2.38. The van der Waals surface area contributed by atoms with E-state index in [1.165, 1.54) is 7.11 Å². The summed E-state index contributed by atoms with van der Waals surface area (Å²) in [6.07, 6.45) is 0.288. The van der Waals surface area contributed by atoms with Crippen molar-refractivity contribution in [3.05, 3.63) is 29.5 Å². The van der Waals surface area contributed by atoms with E-state index in [9.17, 15) is 4.79 Å². The van der Waals surface area contributed by atoms with Crippen LogP contribution in [-0.2, 0) is 16.1 Å². The summed E-state index contributed by atoms with van der Waals surface area (Å²) in [7, 11) is 1.37. The molecule has 0 unspecified atom stereocenters. The molecule has 0 saturated heterocycles. The number of aryl methyl sites for hydroxylation is 1. The van der Waals surface area contributed by atoms with E-state index in [1.54, 1.807) is 4.57 Å². The molecule has 2 aromatic rings. The van der Waals surface area contributed by atoms with Crippen LogP contribution in [0.1, 0.15) is 6.42 Å². The predicted octanol–water partition coefficient (Wildman–Crippen LogP) is 1.60. The molecule has 0 saturated carbocycles. The van der Waals surface area contributed by atoms with Crippen molar-refractivity contribution in [3.8, 4) is 0 Å². The van der Waals surface area contributed by atoms with E-state index in [2.05, 4.69) is 9.72 Å². The molecule has 2 rings (SSSR count). The van der Waals surface area contributed by atoms with Gasteiger partial charge in [-0.2, -0.15) is 0 Å². The quantitative estimate of drug-likeness (QED) is 0.610. The fourth-order valence-corrected chi connectivity index (χ4v) is 1.83. The van der Waals surface area contributed by atoms with Gasteiger partial charge in [0.15, 0.2) is 0 Å². The van der Waals surface area contributed by atoms with Crippen molar-refractivity contribution in [2.45, 2.75) is 13.0 Å². The molecule has 0 aliphatic carbocycles. The number of aromatic nitrogens is 2. The van der Waals surface area contributed by atoms with Crippen molar-refractivity contribution in [3.63, 3.8) is 0 Å². The molecule has 0 radical (unpaired) electrons. The van der Waals surface area contributed by atoms with Crippen LogP contribution in [0.3, 0.4) is 0 Å². The minimum atomic E-state index is -0.256. The minimum absolute atomic E-state index is 0. The third kappa shape index (κ3) is 3.04. The fraction of sp³-hybridized carbons (Fsp3) is 0.273. The summed E-state index contributed by atoms with van der Waals surface area (Å²) >= 11 is 5.99. The number of hydrogen-bond acceptors (Lipinski definition) is 3. The zero-order valence-corrected chi connectivity index (χ0v) is 9.57. The van der Waals surface area contributed by atoms with Crippen LogP contribution in [0.25, 0.3) is 11.0 Å². The van der Waals surface area contributed by atoms with Crippen molar-refractivity contribution >= 4 is 47.5 Å². The van der Waals surface area contributed by atoms with Gasteiger partial charge in [0, 0.05) is 6.54 Å². The van der Waals surface area contributed by atoms with Crippen LogP contribution in [0.4, 0.5) is 0 Å². The number of carbonyl (C=O) groups excluding carboxylic acids is 1. The normalized spacial score (nSPS) is 10.0. The zero-order chi connectivity index (χ0) is 11.5. The molecule has 0 amide bonds. The summed E-state index contributed by atoms with van der Waals surface area (Å²) in [6, 6.07) is 7.62. The van der Waals surface area contributed by atoms with E-state index in [1.807, 2.05) is 24.3 Å². The third-order valence-corrected chi connectivity index (χ3v) is 2.66. The Hall–Kier alpha value is -0.953. The average Bonchev–Trinajstić information content (AvgIpc) is 2.62. The first-order chi connectivity index (χ1) is 7.72. The molecule has 0 aliphatic heterocycles. The number of halogens is 1. The number of fused-ring (bicyclic) bond motifs is 1. The predicted molar refractivity (Wildman–Crippen MR) is 68.5 cm³/mol. The van der Waals surface area contributed by atoms with E-state index >= 15 is 0 Å². The maximum absolute atomic E-state index is 11.1. The van der Waals surface area contributed by atoms with E-state index in [0.29, 0.717) is 11.8 Å². The van der Waals surface area contributed by atoms with Gasteiger partial charge in [-0.25, -0.2) is 4.98 Å². The Morgan fingerprint density at radius 3 is 2.88 bits per heavy atom. The zero-order valence-electron chi connectivity index (χ0n) is 8.81. The van der Waals surface area contributed by atoms with Crippen molar-refractivity contribution in [1.29, 1.82) is 0 Å². The summed E-state index contributed by atoms with van der Waals surface area (Å²) in [4.78, 5) is 15.2. The van der Waals surface area contributed by atoms with Crippen molar-refractivity contribution in [2.24, 2.45) is 0 Å². The first-order valence-corrected chi connectivity index (χ1v) is 5.28. The van der Waals surface area contributed by atoms with Crippen LogP contribution >= 0.6 is 11.6 Å². The SMILES string of the molecule is COC(=O)CCn1c(Cl)nc2ccccc21.[LiH]. The first kappa shape index (κ1) is 14.1. The molecule has 1 aromatic carbocycles. The van der Waals surface area contributed by atoms with Crippen LogP contribution in [0, 0.1) is 0 Å². The number of methoxy groups -OCH3 is 1. The number of nitrogens with zero attached hydrogens (tertiary/aromatic N) is 2. The second kappa shape index (κ2) is 6.11. The van der Waals surface area contributed by atoms with E-state index < -0.39 is 0 Å². The van der Waals surface area contributed by atoms with Crippen LogP contribution in [0.2, 0.25) is 5.28 Å². The standard InChI is InChI=1S/C11H11ClN2O2.Li.H/c1-16-10(15)6-7-14-9-5-3-2-4-8(9)13-11(14)12;;/h2-5H,6-7H2,1H3;;. The molecule has 1 heterocycles. The second-order valence-electron chi connectivity index (χ2n) is 3.35. The van der Waals surface area contributed by atoms with Gasteiger partial charge in [-0.05, 0) is 23.7 Å². The Balaban J connectivity index is 0.00000144. The molecule has 0 aliphatic rings. The number of imidazole rings is 1. The number of benzene rings is 1. The van der Waals surface area contributed by atoms with Gasteiger partial charge in [-0.3, -0.25) is 4.79 Å². The van der Waals surface area contributed by atoms with Gasteiger partial charge in [0.2, 0.25) is 5.28 Å². The van der Waals surface area contributed by atoms with Crippen molar-refractivity contribution < 1.29 is 9.53 Å². The summed E-state index contributed by atoms with van der Waals surface area (Å²) < 4.78 is 6.38. The van der Waals surface area contributed by atoms with Crippen LogP contribution < -0.4 is 0 Å². The van der Waals surface area contributed by atoms with Gasteiger partial charge >= 0.3 is 24.8 Å². The monoisotopic (exact) mass is 246 g/mol. The fourth-order valence-electron chi connectivity index (χ4n) is 1.56. The Bertz CT molecular complexity index is 527. The van der Waals surface area contributed by atoms with Gasteiger partial charge in [0.05, 0.1) is 24.6 Å². The summed E-state index contributed by atoms with van der Waals surface area (Å²) in [5.74, 6) is -0.256. The van der Waals surface area contributed by atoms with Gasteiger partial charge in [0.1, 0.15) is 0 Å². The van der Waals surface area contributed by atoms with Crippen LogP contribution in [-0.4, -0.2) is 41.5 Å². The maximum atomic E-state index is 11.1. The number of ether oxygens (including phenoxy) is 1. The molecule has 86 valence electrons. The second-order valence-corrected chi connectivity index (χ2v) is 3.69. The molecule has 1 aromatic heterocycles. The first-order valence-electron chi connectivity index (χ1n) is 4.90. The number of rotatable bonds is 3. The topological polar surface area (TPSA) is 44.1 Å². The van der Waals surface area contributed by atoms with Gasteiger partial charge in [-0.15, -0.1) is 0 Å². The van der Waals surface area contributed by atoms with Crippen LogP contribution in [0.15, 0.2) is 24.3 Å². The van der Waals surface area contributed by atoms with Crippen LogP contribution in [0.5, 0.6) is 0 Å². The van der Waals surface area contributed by atoms with E-state index in [4.69, 9.17) is 11.6 Å². The summed E-state index contributed by atoms with van der Waals surface area (Å²) in [5.41, 5.74) is 1.76. The molecular formula is C11H12ClLiN2O2. The Morgan fingerprint density at radius 2 is 2.18 bits per heavy atom. The van der Waals surface area contributed by atoms with Gasteiger partial charge in [0.25, 0.3) is 0 Å². The molecule has 0 N–H and O–H groups in total. The van der Waals surface area contributed by atoms with E-state index in [-0.39, 0.29) is 31.3 Å². The molecule has 0 bridgehead atoms. The summed E-state index contributed by atoms with van der Waals surface area (Å²) in [5, 5.41) is 0.394. The van der Waals surface area contributed by atoms with Crippen molar-refractivity contribution in [2.75, 3.05) is 7.11 Å². The molecule has 0 fully saturated rings. The number of esters is 1. The Morgan fingerprint density at radius 1 is 1.47 bits per heavy atom. The molecule has 4 nitrogen and oxygen atoms in total. The number of hydrogen-bond donors (Lipinski definition) is 0. The number of para-hydroxylation sites is 2. The molecule has 17 heavy (non-hydrogen) atoms. The molecule has 0 atom stereocenters. The van der Waals surface area contributed by atoms with E-state index in [0.717, 1.165) is 11.0 Å². The number of carbonyl (C=O) groups is 1. The summed E-state index contributed by atoms with van der Waals surface area (Å²) in [6.45, 7) is 0.478.